The van der Waals surface area contributed by atoms with E-state index in [1.165, 1.54) is 22.9 Å². The maximum absolute atomic E-state index is 13.5. The van der Waals surface area contributed by atoms with Gasteiger partial charge in [0.15, 0.2) is 0 Å². The predicted octanol–water partition coefficient (Wildman–Crippen LogP) is 1.16. The van der Waals surface area contributed by atoms with E-state index in [-0.39, 0.29) is 18.0 Å². The third-order valence-electron chi connectivity index (χ3n) is 3.74. The van der Waals surface area contributed by atoms with Crippen molar-refractivity contribution < 1.29 is 27.4 Å². The van der Waals surface area contributed by atoms with Gasteiger partial charge < -0.3 is 9.84 Å². The van der Waals surface area contributed by atoms with Crippen molar-refractivity contribution in [1.82, 2.24) is 14.3 Å². The number of nitrogens with zero attached hydrogens (tertiary/aromatic N) is 3. The second-order valence-corrected chi connectivity index (χ2v) is 7.32. The molecule has 0 bridgehead atoms. The van der Waals surface area contributed by atoms with Gasteiger partial charge in [-0.05, 0) is 24.6 Å². The number of benzene rings is 1. The number of hydrogen-bond donors (Lipinski definition) is 1. The SMILES string of the molecule is O=C(O)c1cc(S(=O)(=O)N2CCC(Oc3cnccn3)C2)ccc1F. The van der Waals surface area contributed by atoms with Crippen LogP contribution in [0.3, 0.4) is 0 Å². The highest BCUT2D eigenvalue weighted by Crippen LogP contribution is 2.24. The van der Waals surface area contributed by atoms with Crippen LogP contribution in [0.15, 0.2) is 41.7 Å². The van der Waals surface area contributed by atoms with Gasteiger partial charge in [-0.2, -0.15) is 4.31 Å². The minimum Gasteiger partial charge on any atom is -0.478 e. The number of carboxylic acids is 1. The first-order valence-corrected chi connectivity index (χ1v) is 8.77. The molecule has 10 heteroatoms. The molecular formula is C15H14FN3O5S. The third kappa shape index (κ3) is 3.59. The van der Waals surface area contributed by atoms with Crippen molar-refractivity contribution in [2.45, 2.75) is 17.4 Å². The molecule has 1 aromatic carbocycles. The molecule has 1 unspecified atom stereocenters. The van der Waals surface area contributed by atoms with Crippen molar-refractivity contribution in [2.24, 2.45) is 0 Å². The fourth-order valence-electron chi connectivity index (χ4n) is 2.51. The average molecular weight is 367 g/mol. The summed E-state index contributed by atoms with van der Waals surface area (Å²) in [5.41, 5.74) is -0.687. The lowest BCUT2D eigenvalue weighted by atomic mass is 10.2. The first-order chi connectivity index (χ1) is 11.9. The molecule has 0 aliphatic carbocycles. The first kappa shape index (κ1) is 17.2. The summed E-state index contributed by atoms with van der Waals surface area (Å²) < 4.78 is 45.5. The Morgan fingerprint density at radius 2 is 2.16 bits per heavy atom. The van der Waals surface area contributed by atoms with Gasteiger partial charge in [0.25, 0.3) is 0 Å². The molecule has 1 atom stereocenters. The van der Waals surface area contributed by atoms with Gasteiger partial charge in [-0.1, -0.05) is 0 Å². The zero-order valence-corrected chi connectivity index (χ0v) is 13.7. The van der Waals surface area contributed by atoms with Crippen LogP contribution >= 0.6 is 0 Å². The quantitative estimate of drug-likeness (QED) is 0.844. The van der Waals surface area contributed by atoms with E-state index in [9.17, 15) is 17.6 Å². The average Bonchev–Trinajstić information content (AvgIpc) is 3.05. The highest BCUT2D eigenvalue weighted by molar-refractivity contribution is 7.89. The molecule has 132 valence electrons. The standard InChI is InChI=1S/C15H14FN3O5S/c16-13-2-1-11(7-12(13)15(20)21)25(22,23)19-6-3-10(9-19)24-14-8-17-4-5-18-14/h1-2,4-5,7-8,10H,3,6,9H2,(H,20,21). The van der Waals surface area contributed by atoms with Crippen molar-refractivity contribution in [2.75, 3.05) is 13.1 Å². The highest BCUT2D eigenvalue weighted by atomic mass is 32.2. The molecule has 25 heavy (non-hydrogen) atoms. The minimum atomic E-state index is -3.95. The number of aromatic nitrogens is 2. The first-order valence-electron chi connectivity index (χ1n) is 7.33. The Kier molecular flexibility index (Phi) is 4.64. The number of sulfonamides is 1. The number of halogens is 1. The Morgan fingerprint density at radius 1 is 1.36 bits per heavy atom. The number of rotatable bonds is 5. The molecule has 1 aliphatic heterocycles. The van der Waals surface area contributed by atoms with E-state index in [2.05, 4.69) is 9.97 Å². The molecule has 3 rings (SSSR count). The highest BCUT2D eigenvalue weighted by Gasteiger charge is 2.34. The van der Waals surface area contributed by atoms with Crippen molar-refractivity contribution in [3.8, 4) is 5.88 Å². The van der Waals surface area contributed by atoms with E-state index >= 15 is 0 Å². The van der Waals surface area contributed by atoms with Crippen LogP contribution in [0.2, 0.25) is 0 Å². The summed E-state index contributed by atoms with van der Waals surface area (Å²) in [5.74, 6) is -2.22. The van der Waals surface area contributed by atoms with Gasteiger partial charge in [-0.15, -0.1) is 0 Å². The van der Waals surface area contributed by atoms with Gasteiger partial charge in [0.05, 0.1) is 23.2 Å². The van der Waals surface area contributed by atoms with Crippen LogP contribution in [0, 0.1) is 5.82 Å². The molecule has 0 radical (unpaired) electrons. The molecular weight excluding hydrogens is 353 g/mol. The topological polar surface area (TPSA) is 110 Å². The smallest absolute Gasteiger partial charge is 0.338 e. The Morgan fingerprint density at radius 3 is 2.84 bits per heavy atom. The summed E-state index contributed by atoms with van der Waals surface area (Å²) in [5, 5.41) is 8.95. The molecule has 0 spiro atoms. The summed E-state index contributed by atoms with van der Waals surface area (Å²) in [6, 6.07) is 2.71. The maximum Gasteiger partial charge on any atom is 0.338 e. The molecule has 0 saturated carbocycles. The zero-order chi connectivity index (χ0) is 18.0. The van der Waals surface area contributed by atoms with Gasteiger partial charge >= 0.3 is 5.97 Å². The van der Waals surface area contributed by atoms with Crippen LogP contribution in [0.4, 0.5) is 4.39 Å². The monoisotopic (exact) mass is 367 g/mol. The van der Waals surface area contributed by atoms with Crippen LogP contribution in [0.25, 0.3) is 0 Å². The van der Waals surface area contributed by atoms with E-state index in [0.717, 1.165) is 18.2 Å². The summed E-state index contributed by atoms with van der Waals surface area (Å²) in [6.07, 6.45) is 4.43. The van der Waals surface area contributed by atoms with Crippen molar-refractivity contribution in [3.63, 3.8) is 0 Å². The molecule has 0 amide bonds. The largest absolute Gasteiger partial charge is 0.478 e. The molecule has 1 aliphatic rings. The molecule has 8 nitrogen and oxygen atoms in total. The number of aromatic carboxylic acids is 1. The molecule has 2 heterocycles. The van der Waals surface area contributed by atoms with E-state index in [1.54, 1.807) is 0 Å². The fourth-order valence-corrected chi connectivity index (χ4v) is 4.02. The molecule has 1 N–H and O–H groups in total. The normalized spacial score (nSPS) is 18.2. The second kappa shape index (κ2) is 6.73. The van der Waals surface area contributed by atoms with E-state index in [0.29, 0.717) is 12.3 Å². The number of carbonyl (C=O) groups is 1. The molecule has 2 aromatic rings. The lowest BCUT2D eigenvalue weighted by Crippen LogP contribution is -2.31. The van der Waals surface area contributed by atoms with Gasteiger partial charge in [0.1, 0.15) is 11.9 Å². The third-order valence-corrected chi connectivity index (χ3v) is 5.60. The number of hydrogen-bond acceptors (Lipinski definition) is 6. The summed E-state index contributed by atoms with van der Waals surface area (Å²) in [6.45, 7) is 0.283. The molecule has 1 saturated heterocycles. The molecule has 1 fully saturated rings. The fraction of sp³-hybridized carbons (Fsp3) is 0.267. The summed E-state index contributed by atoms with van der Waals surface area (Å²) in [4.78, 5) is 18.6. The Bertz CT molecular complexity index is 891. The summed E-state index contributed by atoms with van der Waals surface area (Å²) >= 11 is 0. The van der Waals surface area contributed by atoms with Crippen molar-refractivity contribution >= 4 is 16.0 Å². The number of ether oxygens (including phenoxy) is 1. The minimum absolute atomic E-state index is 0.0820. The Labute approximate surface area is 143 Å². The van der Waals surface area contributed by atoms with Crippen molar-refractivity contribution in [3.05, 3.63) is 48.2 Å². The van der Waals surface area contributed by atoms with Gasteiger partial charge in [0, 0.05) is 18.9 Å². The zero-order valence-electron chi connectivity index (χ0n) is 12.9. The lowest BCUT2D eigenvalue weighted by Gasteiger charge is -2.17. The second-order valence-electron chi connectivity index (χ2n) is 5.38. The van der Waals surface area contributed by atoms with Crippen LogP contribution in [0.1, 0.15) is 16.8 Å². The Hall–Kier alpha value is -2.59. The van der Waals surface area contributed by atoms with E-state index in [1.807, 2.05) is 0 Å². The Balaban J connectivity index is 1.77. The van der Waals surface area contributed by atoms with Crippen LogP contribution in [-0.4, -0.2) is 53.0 Å². The summed E-state index contributed by atoms with van der Waals surface area (Å²) in [7, 11) is -3.95. The van der Waals surface area contributed by atoms with Crippen molar-refractivity contribution in [1.29, 1.82) is 0 Å². The van der Waals surface area contributed by atoms with Crippen LogP contribution in [-0.2, 0) is 10.0 Å². The van der Waals surface area contributed by atoms with Crippen LogP contribution in [0.5, 0.6) is 5.88 Å². The van der Waals surface area contributed by atoms with Gasteiger partial charge in [0.2, 0.25) is 15.9 Å². The number of carboxylic acid groups (broad SMARTS) is 1. The lowest BCUT2D eigenvalue weighted by molar-refractivity contribution is 0.0691. The van der Waals surface area contributed by atoms with Gasteiger partial charge in [-0.25, -0.2) is 22.6 Å². The van der Waals surface area contributed by atoms with Crippen LogP contribution < -0.4 is 4.74 Å². The maximum atomic E-state index is 13.5. The van der Waals surface area contributed by atoms with E-state index in [4.69, 9.17) is 9.84 Å². The van der Waals surface area contributed by atoms with E-state index < -0.39 is 33.5 Å². The molecule has 1 aromatic heterocycles. The van der Waals surface area contributed by atoms with Gasteiger partial charge in [-0.3, -0.25) is 4.98 Å². The predicted molar refractivity (Wildman–Crippen MR) is 83.2 cm³/mol.